The average molecular weight is 583 g/mol. The van der Waals surface area contributed by atoms with Gasteiger partial charge in [-0.05, 0) is 41.2 Å². The number of nitrogens with one attached hydrogen (secondary N) is 1. The number of likely N-dealkylation sites (tertiary alicyclic amines) is 1. The van der Waals surface area contributed by atoms with Gasteiger partial charge in [0.1, 0.15) is 6.33 Å². The molecule has 0 spiro atoms. The number of imide groups is 1. The minimum atomic E-state index is -2.73. The molecule has 5 heterocycles. The highest BCUT2D eigenvalue weighted by Crippen LogP contribution is 2.63. The van der Waals surface area contributed by atoms with Crippen molar-refractivity contribution in [2.75, 3.05) is 13.1 Å². The van der Waals surface area contributed by atoms with E-state index in [4.69, 9.17) is 11.6 Å². The van der Waals surface area contributed by atoms with Crippen LogP contribution in [0.3, 0.4) is 0 Å². The minimum absolute atomic E-state index is 0.117. The first-order valence-electron chi connectivity index (χ1n) is 14.1. The van der Waals surface area contributed by atoms with Gasteiger partial charge in [0, 0.05) is 47.9 Å². The molecule has 0 radical (unpaired) electrons. The van der Waals surface area contributed by atoms with Crippen LogP contribution in [0.15, 0.2) is 43.0 Å². The topological polar surface area (TPSA) is 84.5 Å². The summed E-state index contributed by atoms with van der Waals surface area (Å²) in [6.07, 6.45) is 4.97. The third-order valence-corrected chi connectivity index (χ3v) is 8.85. The summed E-state index contributed by atoms with van der Waals surface area (Å²) in [5, 5.41) is 8.62. The Morgan fingerprint density at radius 3 is 2.56 bits per heavy atom. The Hall–Kier alpha value is -3.37. The molecule has 1 aliphatic carbocycles. The molecule has 0 bridgehead atoms. The van der Waals surface area contributed by atoms with Crippen molar-refractivity contribution >= 4 is 39.8 Å². The summed E-state index contributed by atoms with van der Waals surface area (Å²) >= 11 is 6.50. The normalized spacial score (nSPS) is 24.5. The molecule has 3 aromatic heterocycles. The van der Waals surface area contributed by atoms with Crippen LogP contribution in [0.4, 0.5) is 8.78 Å². The van der Waals surface area contributed by atoms with Gasteiger partial charge in [-0.1, -0.05) is 39.3 Å². The van der Waals surface area contributed by atoms with Crippen molar-refractivity contribution in [3.05, 3.63) is 53.6 Å². The maximum absolute atomic E-state index is 14.1. The summed E-state index contributed by atoms with van der Waals surface area (Å²) in [6, 6.07) is 7.49. The molecule has 3 atom stereocenters. The summed E-state index contributed by atoms with van der Waals surface area (Å²) in [5.74, 6) is -3.66. The van der Waals surface area contributed by atoms with Gasteiger partial charge in [0.15, 0.2) is 0 Å². The highest BCUT2D eigenvalue weighted by atomic mass is 35.5. The van der Waals surface area contributed by atoms with Gasteiger partial charge in [-0.15, -0.1) is 0 Å². The molecule has 41 heavy (non-hydrogen) atoms. The van der Waals surface area contributed by atoms with Crippen LogP contribution in [0.5, 0.6) is 0 Å². The van der Waals surface area contributed by atoms with Crippen LogP contribution in [-0.2, 0) is 22.7 Å². The Balaban J connectivity index is 0.00000148. The molecule has 11 heteroatoms. The Labute approximate surface area is 241 Å². The number of hydrogen-bond acceptors (Lipinski definition) is 5. The van der Waals surface area contributed by atoms with Gasteiger partial charge in [0.25, 0.3) is 5.92 Å². The minimum Gasteiger partial charge on any atom is -0.347 e. The van der Waals surface area contributed by atoms with Gasteiger partial charge in [0.2, 0.25) is 11.8 Å². The van der Waals surface area contributed by atoms with Gasteiger partial charge in [0.05, 0.1) is 41.7 Å². The zero-order valence-corrected chi connectivity index (χ0v) is 24.3. The lowest BCUT2D eigenvalue weighted by Crippen LogP contribution is -2.45. The van der Waals surface area contributed by atoms with Crippen molar-refractivity contribution < 1.29 is 18.4 Å². The van der Waals surface area contributed by atoms with E-state index < -0.39 is 5.92 Å². The number of carbonyl (C=O) groups is 2. The van der Waals surface area contributed by atoms with Crippen LogP contribution in [-0.4, -0.2) is 54.9 Å². The van der Waals surface area contributed by atoms with Crippen molar-refractivity contribution in [3.63, 3.8) is 0 Å². The first-order valence-corrected chi connectivity index (χ1v) is 14.5. The Kier molecular flexibility index (Phi) is 6.69. The first kappa shape index (κ1) is 27.8. The zero-order chi connectivity index (χ0) is 29.3. The number of nitrogens with zero attached hydrogens (tertiary/aromatic N) is 5. The van der Waals surface area contributed by atoms with Crippen LogP contribution in [0.1, 0.15) is 39.7 Å². The maximum atomic E-state index is 14.1. The highest BCUT2D eigenvalue weighted by molar-refractivity contribution is 6.32. The Bertz CT molecular complexity index is 1650. The number of carbonyl (C=O) groups excluding carboxylic acids is 2. The number of piperidine rings is 2. The summed E-state index contributed by atoms with van der Waals surface area (Å²) in [6.45, 7) is 8.74. The molecule has 2 amide bonds. The van der Waals surface area contributed by atoms with Gasteiger partial charge in [-0.25, -0.2) is 18.3 Å². The number of amides is 2. The molecule has 1 aromatic carbocycles. The second kappa shape index (κ2) is 9.87. The lowest BCUT2D eigenvalue weighted by molar-refractivity contribution is -0.143. The van der Waals surface area contributed by atoms with Gasteiger partial charge < -0.3 is 9.88 Å². The summed E-state index contributed by atoms with van der Waals surface area (Å²) in [4.78, 5) is 31.7. The second-order valence-corrected chi connectivity index (χ2v) is 12.2. The van der Waals surface area contributed by atoms with E-state index >= 15 is 0 Å². The van der Waals surface area contributed by atoms with Crippen molar-refractivity contribution in [3.8, 4) is 11.3 Å². The fraction of sp³-hybridized carbons (Fsp3) is 0.467. The van der Waals surface area contributed by atoms with Gasteiger partial charge >= 0.3 is 0 Å². The molecule has 1 N–H and O–H groups in total. The summed E-state index contributed by atoms with van der Waals surface area (Å²) in [5.41, 5.74) is 3.43. The van der Waals surface area contributed by atoms with Crippen LogP contribution >= 0.6 is 11.6 Å². The molecule has 1 saturated carbocycles. The van der Waals surface area contributed by atoms with Gasteiger partial charge in [-0.2, -0.15) is 5.10 Å². The highest BCUT2D eigenvalue weighted by Gasteiger charge is 2.72. The van der Waals surface area contributed by atoms with Crippen LogP contribution in [0, 0.1) is 23.2 Å². The third kappa shape index (κ3) is 4.61. The number of hydrogen-bond donors (Lipinski definition) is 1. The summed E-state index contributed by atoms with van der Waals surface area (Å²) in [7, 11) is 0. The lowest BCUT2D eigenvalue weighted by Gasteiger charge is -2.30. The fourth-order valence-corrected chi connectivity index (χ4v) is 6.92. The smallest absolute Gasteiger partial charge is 0.260 e. The van der Waals surface area contributed by atoms with E-state index in [9.17, 15) is 18.4 Å². The molecule has 7 rings (SSSR count). The molecule has 2 saturated heterocycles. The quantitative estimate of drug-likeness (QED) is 0.318. The molecule has 2 aliphatic heterocycles. The largest absolute Gasteiger partial charge is 0.347 e. The molecular weight excluding hydrogens is 550 g/mol. The SMILES string of the molecule is CC.CC1(C)C2C(=O)N(Cc3cc4c(-c5cc(Cl)cc6ccn(CC7CNCC(F)(F)C7)c56)ncnn4c3)C(=O)C21. The number of benzene rings is 1. The number of rotatable bonds is 5. The van der Waals surface area contributed by atoms with E-state index in [-0.39, 0.29) is 54.5 Å². The number of aromatic nitrogens is 4. The van der Waals surface area contributed by atoms with E-state index in [1.807, 2.05) is 62.7 Å². The Morgan fingerprint density at radius 2 is 1.85 bits per heavy atom. The molecule has 8 nitrogen and oxygen atoms in total. The van der Waals surface area contributed by atoms with Gasteiger partial charge in [-0.3, -0.25) is 14.5 Å². The molecule has 216 valence electrons. The predicted octanol–water partition coefficient (Wildman–Crippen LogP) is 5.42. The van der Waals surface area contributed by atoms with Crippen LogP contribution in [0.25, 0.3) is 27.7 Å². The van der Waals surface area contributed by atoms with Crippen molar-refractivity contribution in [2.45, 2.75) is 53.1 Å². The van der Waals surface area contributed by atoms with E-state index in [2.05, 4.69) is 15.4 Å². The monoisotopic (exact) mass is 582 g/mol. The molecule has 4 aromatic rings. The standard InChI is InChI=1S/C28H27ClF2N6O2.C2H6/c1-27(2)21-22(27)26(39)36(25(21)38)11-15-5-20-23(33-14-34-37(20)12-15)19-7-18(29)6-17-3-4-35(24(17)19)10-16-8-28(30,31)13-32-9-16;1-2/h3-7,12,14,16,21-22,32H,8-11,13H2,1-2H3;1-2H3. The van der Waals surface area contributed by atoms with E-state index in [0.717, 1.165) is 22.0 Å². The van der Waals surface area contributed by atoms with Crippen molar-refractivity contribution in [1.82, 2.24) is 29.4 Å². The van der Waals surface area contributed by atoms with E-state index in [1.165, 1.54) is 11.2 Å². The Morgan fingerprint density at radius 1 is 1.12 bits per heavy atom. The average Bonchev–Trinajstić information content (AvgIpc) is 3.26. The molecule has 3 aliphatic rings. The summed E-state index contributed by atoms with van der Waals surface area (Å²) < 4.78 is 31.8. The fourth-order valence-electron chi connectivity index (χ4n) is 6.70. The van der Waals surface area contributed by atoms with Crippen LogP contribution in [0.2, 0.25) is 5.02 Å². The predicted molar refractivity (Wildman–Crippen MR) is 153 cm³/mol. The number of alkyl halides is 2. The first-order chi connectivity index (χ1) is 19.5. The van der Waals surface area contributed by atoms with Crippen LogP contribution < -0.4 is 5.32 Å². The van der Waals surface area contributed by atoms with Crippen molar-refractivity contribution in [2.24, 2.45) is 23.2 Å². The maximum Gasteiger partial charge on any atom is 0.260 e. The zero-order valence-electron chi connectivity index (χ0n) is 23.5. The van der Waals surface area contributed by atoms with E-state index in [0.29, 0.717) is 29.3 Å². The number of fused-ring (bicyclic) bond motifs is 3. The van der Waals surface area contributed by atoms with E-state index in [1.54, 1.807) is 10.7 Å². The van der Waals surface area contributed by atoms with Crippen molar-refractivity contribution in [1.29, 1.82) is 0 Å². The molecular formula is C30H33ClF2N6O2. The number of halogens is 3. The second-order valence-electron chi connectivity index (χ2n) is 11.7. The molecule has 3 unspecified atom stereocenters. The molecule has 3 fully saturated rings. The lowest BCUT2D eigenvalue weighted by atomic mass is 9.96. The third-order valence-electron chi connectivity index (χ3n) is 8.63.